The van der Waals surface area contributed by atoms with Gasteiger partial charge in [0.15, 0.2) is 5.76 Å². The Kier molecular flexibility index (Phi) is 4.65. The van der Waals surface area contributed by atoms with E-state index in [9.17, 15) is 4.79 Å². The van der Waals surface area contributed by atoms with Gasteiger partial charge < -0.3 is 15.1 Å². The van der Waals surface area contributed by atoms with E-state index in [0.717, 1.165) is 27.9 Å². The Balaban J connectivity index is 1.56. The van der Waals surface area contributed by atoms with Gasteiger partial charge in [-0.2, -0.15) is 0 Å². The maximum Gasteiger partial charge on any atom is 0.291 e. The molecule has 0 bridgehead atoms. The summed E-state index contributed by atoms with van der Waals surface area (Å²) in [6.07, 6.45) is 6.23. The lowest BCUT2D eigenvalue weighted by Gasteiger charge is -2.25. The second kappa shape index (κ2) is 7.24. The summed E-state index contributed by atoms with van der Waals surface area (Å²) in [4.78, 5) is 12.8. The molecule has 0 aliphatic heterocycles. The number of carbonyl (C=O) groups excluding carboxylic acids is 1. The van der Waals surface area contributed by atoms with Crippen LogP contribution in [0.25, 0.3) is 11.0 Å². The lowest BCUT2D eigenvalue weighted by Crippen LogP contribution is -2.23. The number of furan rings is 1. The van der Waals surface area contributed by atoms with Crippen molar-refractivity contribution >= 4 is 28.3 Å². The molecule has 4 rings (SSSR count). The van der Waals surface area contributed by atoms with Crippen molar-refractivity contribution in [2.45, 2.75) is 45.1 Å². The Morgan fingerprint density at radius 1 is 0.962 bits per heavy atom. The summed E-state index contributed by atoms with van der Waals surface area (Å²) in [6.45, 7) is 1.92. The lowest BCUT2D eigenvalue weighted by atomic mass is 9.95. The van der Waals surface area contributed by atoms with Crippen molar-refractivity contribution in [3.05, 3.63) is 59.9 Å². The first kappa shape index (κ1) is 16.7. The highest BCUT2D eigenvalue weighted by atomic mass is 16.3. The number of para-hydroxylation sites is 3. The summed E-state index contributed by atoms with van der Waals surface area (Å²) in [5.41, 5.74) is 3.38. The Bertz CT molecular complexity index is 923. The molecule has 0 spiro atoms. The monoisotopic (exact) mass is 348 g/mol. The zero-order chi connectivity index (χ0) is 17.9. The molecule has 3 aromatic rings. The summed E-state index contributed by atoms with van der Waals surface area (Å²) in [5.74, 6) is 0.162. The van der Waals surface area contributed by atoms with Gasteiger partial charge in [0, 0.05) is 17.0 Å². The molecule has 1 aromatic heterocycles. The third-order valence-corrected chi connectivity index (χ3v) is 5.19. The molecule has 0 unspecified atom stereocenters. The molecule has 1 fully saturated rings. The number of aryl methyl sites for hydroxylation is 1. The summed E-state index contributed by atoms with van der Waals surface area (Å²) in [7, 11) is 0. The molecule has 1 aliphatic carbocycles. The fourth-order valence-electron chi connectivity index (χ4n) is 3.75. The third-order valence-electron chi connectivity index (χ3n) is 5.19. The zero-order valence-corrected chi connectivity index (χ0v) is 15.0. The maximum absolute atomic E-state index is 12.8. The maximum atomic E-state index is 12.8. The predicted octanol–water partition coefficient (Wildman–Crippen LogP) is 5.74. The average Bonchev–Trinajstić information content (AvgIpc) is 3.01. The zero-order valence-electron chi connectivity index (χ0n) is 15.0. The molecule has 1 amide bonds. The van der Waals surface area contributed by atoms with Crippen molar-refractivity contribution in [1.29, 1.82) is 0 Å². The van der Waals surface area contributed by atoms with Crippen molar-refractivity contribution in [1.82, 2.24) is 0 Å². The molecule has 4 nitrogen and oxygen atoms in total. The van der Waals surface area contributed by atoms with Crippen LogP contribution in [0.15, 0.2) is 52.9 Å². The van der Waals surface area contributed by atoms with Crippen LogP contribution in [-0.2, 0) is 0 Å². The number of benzene rings is 2. The summed E-state index contributed by atoms with van der Waals surface area (Å²) < 4.78 is 5.79. The van der Waals surface area contributed by atoms with E-state index < -0.39 is 0 Å². The Morgan fingerprint density at radius 2 is 1.65 bits per heavy atom. The molecule has 2 N–H and O–H groups in total. The van der Waals surface area contributed by atoms with E-state index in [1.807, 2.05) is 55.5 Å². The van der Waals surface area contributed by atoms with Gasteiger partial charge in [-0.1, -0.05) is 49.6 Å². The molecule has 1 heterocycles. The highest BCUT2D eigenvalue weighted by Gasteiger charge is 2.19. The Hall–Kier alpha value is -2.75. The van der Waals surface area contributed by atoms with Gasteiger partial charge in [-0.25, -0.2) is 0 Å². The largest absolute Gasteiger partial charge is 0.451 e. The molecule has 0 radical (unpaired) electrons. The van der Waals surface area contributed by atoms with Crippen molar-refractivity contribution in [2.24, 2.45) is 0 Å². The van der Waals surface area contributed by atoms with Crippen LogP contribution in [0.5, 0.6) is 0 Å². The van der Waals surface area contributed by atoms with Crippen molar-refractivity contribution in [2.75, 3.05) is 10.6 Å². The number of anilines is 2. The Morgan fingerprint density at radius 3 is 2.42 bits per heavy atom. The minimum Gasteiger partial charge on any atom is -0.451 e. The van der Waals surface area contributed by atoms with Crippen LogP contribution in [0.2, 0.25) is 0 Å². The fraction of sp³-hybridized carbons (Fsp3) is 0.318. The molecule has 4 heteroatoms. The molecule has 0 atom stereocenters. The molecule has 26 heavy (non-hydrogen) atoms. The highest BCUT2D eigenvalue weighted by Crippen LogP contribution is 2.29. The Labute approximate surface area is 153 Å². The van der Waals surface area contributed by atoms with Crippen LogP contribution in [0, 0.1) is 6.92 Å². The predicted molar refractivity (Wildman–Crippen MR) is 106 cm³/mol. The van der Waals surface area contributed by atoms with E-state index in [2.05, 4.69) is 10.6 Å². The van der Waals surface area contributed by atoms with Gasteiger partial charge in [0.1, 0.15) is 5.58 Å². The van der Waals surface area contributed by atoms with E-state index in [4.69, 9.17) is 4.42 Å². The number of fused-ring (bicyclic) bond motifs is 1. The summed E-state index contributed by atoms with van der Waals surface area (Å²) in [5, 5.41) is 7.60. The van der Waals surface area contributed by atoms with E-state index in [1.165, 1.54) is 32.1 Å². The number of rotatable bonds is 4. The van der Waals surface area contributed by atoms with E-state index in [-0.39, 0.29) is 5.91 Å². The first-order valence-electron chi connectivity index (χ1n) is 9.37. The number of hydrogen-bond donors (Lipinski definition) is 2. The van der Waals surface area contributed by atoms with E-state index in [1.54, 1.807) is 0 Å². The fourth-order valence-corrected chi connectivity index (χ4v) is 3.75. The standard InChI is InChI=1S/C22H24N2O2/c1-15-17-11-5-8-14-20(17)26-21(15)22(25)24-19-13-7-6-12-18(19)23-16-9-3-2-4-10-16/h5-8,11-14,16,23H,2-4,9-10H2,1H3,(H,24,25). The van der Waals surface area contributed by atoms with Gasteiger partial charge >= 0.3 is 0 Å². The van der Waals surface area contributed by atoms with Gasteiger partial charge in [-0.15, -0.1) is 0 Å². The molecule has 134 valence electrons. The van der Waals surface area contributed by atoms with Crippen LogP contribution < -0.4 is 10.6 Å². The summed E-state index contributed by atoms with van der Waals surface area (Å²) >= 11 is 0. The molecular formula is C22H24N2O2. The van der Waals surface area contributed by atoms with Gasteiger partial charge in [-0.05, 0) is 38.0 Å². The second-order valence-electron chi connectivity index (χ2n) is 7.03. The number of carbonyl (C=O) groups is 1. The van der Waals surface area contributed by atoms with Crippen molar-refractivity contribution < 1.29 is 9.21 Å². The van der Waals surface area contributed by atoms with Gasteiger partial charge in [0.25, 0.3) is 5.91 Å². The number of nitrogens with one attached hydrogen (secondary N) is 2. The van der Waals surface area contributed by atoms with Crippen LogP contribution >= 0.6 is 0 Å². The van der Waals surface area contributed by atoms with Gasteiger partial charge in [0.05, 0.1) is 11.4 Å². The first-order valence-corrected chi connectivity index (χ1v) is 9.37. The quantitative estimate of drug-likeness (QED) is 0.632. The first-order chi connectivity index (χ1) is 12.7. The molecule has 1 saturated carbocycles. The second-order valence-corrected chi connectivity index (χ2v) is 7.03. The third kappa shape index (κ3) is 3.32. The average molecular weight is 348 g/mol. The summed E-state index contributed by atoms with van der Waals surface area (Å²) in [6, 6.07) is 16.1. The molecular weight excluding hydrogens is 324 g/mol. The molecule has 2 aromatic carbocycles. The SMILES string of the molecule is Cc1c(C(=O)Nc2ccccc2NC2CCCCC2)oc2ccccc12. The van der Waals surface area contributed by atoms with Crippen LogP contribution in [0.1, 0.15) is 48.2 Å². The minimum absolute atomic E-state index is 0.211. The highest BCUT2D eigenvalue weighted by molar-refractivity contribution is 6.07. The number of hydrogen-bond acceptors (Lipinski definition) is 3. The topological polar surface area (TPSA) is 54.3 Å². The minimum atomic E-state index is -0.211. The smallest absolute Gasteiger partial charge is 0.291 e. The molecule has 0 saturated heterocycles. The number of amides is 1. The van der Waals surface area contributed by atoms with Crippen LogP contribution in [0.3, 0.4) is 0 Å². The van der Waals surface area contributed by atoms with Gasteiger partial charge in [0.2, 0.25) is 0 Å². The van der Waals surface area contributed by atoms with Gasteiger partial charge in [-0.3, -0.25) is 4.79 Å². The van der Waals surface area contributed by atoms with Crippen molar-refractivity contribution in [3.63, 3.8) is 0 Å². The normalized spacial score (nSPS) is 15.1. The molecule has 1 aliphatic rings. The van der Waals surface area contributed by atoms with Crippen LogP contribution in [-0.4, -0.2) is 11.9 Å². The van der Waals surface area contributed by atoms with E-state index in [0.29, 0.717) is 11.8 Å². The van der Waals surface area contributed by atoms with E-state index >= 15 is 0 Å². The van der Waals surface area contributed by atoms with Crippen molar-refractivity contribution in [3.8, 4) is 0 Å². The lowest BCUT2D eigenvalue weighted by molar-refractivity contribution is 0.0998. The van der Waals surface area contributed by atoms with Crippen LogP contribution in [0.4, 0.5) is 11.4 Å².